The first-order chi connectivity index (χ1) is 18.3. The summed E-state index contributed by atoms with van der Waals surface area (Å²) in [6.45, 7) is 0. The first kappa shape index (κ1) is 24.2. The first-order valence-corrected chi connectivity index (χ1v) is 12.3. The number of fused-ring (bicyclic) bond motifs is 1. The van der Waals surface area contributed by atoms with Crippen molar-refractivity contribution in [2.24, 2.45) is 5.92 Å². The Morgan fingerprint density at radius 1 is 0.842 bits per heavy atom. The van der Waals surface area contributed by atoms with Crippen molar-refractivity contribution < 1.29 is 23.8 Å². The molecule has 11 heteroatoms. The fraction of sp³-hybridized carbons (Fsp3) is 0.111. The maximum absolute atomic E-state index is 13.7. The fourth-order valence-corrected chi connectivity index (χ4v) is 5.21. The summed E-state index contributed by atoms with van der Waals surface area (Å²) in [7, 11) is 0. The number of carbonyl (C=O) groups excluding carboxylic acids is 2. The van der Waals surface area contributed by atoms with Gasteiger partial charge < -0.3 is 4.42 Å². The Labute approximate surface area is 225 Å². The number of rotatable bonds is 5. The van der Waals surface area contributed by atoms with Crippen LogP contribution in [0.25, 0.3) is 11.3 Å². The summed E-state index contributed by atoms with van der Waals surface area (Å²) >= 11 is 12.5. The molecule has 1 aromatic heterocycles. The van der Waals surface area contributed by atoms with Crippen molar-refractivity contribution in [2.75, 3.05) is 9.96 Å². The molecular formula is C27H17Cl2N3O6. The Balaban J connectivity index is 1.41. The van der Waals surface area contributed by atoms with Crippen molar-refractivity contribution >= 4 is 52.1 Å². The zero-order valence-corrected chi connectivity index (χ0v) is 20.9. The van der Waals surface area contributed by atoms with Gasteiger partial charge in [-0.2, -0.15) is 0 Å². The smallest absolute Gasteiger partial charge is 0.269 e. The summed E-state index contributed by atoms with van der Waals surface area (Å²) < 4.78 is 6.19. The molecule has 4 aromatic rings. The van der Waals surface area contributed by atoms with Gasteiger partial charge in [0.05, 0.1) is 21.3 Å². The average molecular weight is 550 g/mol. The number of non-ortho nitro benzene ring substituents is 1. The Kier molecular flexibility index (Phi) is 5.91. The third-order valence-electron chi connectivity index (χ3n) is 6.56. The van der Waals surface area contributed by atoms with Gasteiger partial charge in [-0.1, -0.05) is 41.4 Å². The number of nitro benzene ring substituents is 1. The number of benzene rings is 3. The van der Waals surface area contributed by atoms with Crippen molar-refractivity contribution in [3.8, 4) is 11.3 Å². The van der Waals surface area contributed by atoms with Crippen LogP contribution in [0.1, 0.15) is 11.8 Å². The molecule has 2 aliphatic heterocycles. The Morgan fingerprint density at radius 2 is 1.58 bits per heavy atom. The van der Waals surface area contributed by atoms with Crippen LogP contribution in [0.5, 0.6) is 0 Å². The number of furan rings is 1. The van der Waals surface area contributed by atoms with E-state index in [4.69, 9.17) is 32.5 Å². The number of halogens is 2. The number of carbonyl (C=O) groups is 2. The molecule has 0 radical (unpaired) electrons. The topological polar surface area (TPSA) is 106 Å². The number of hydrogen-bond donors (Lipinski definition) is 0. The van der Waals surface area contributed by atoms with Gasteiger partial charge in [0.15, 0.2) is 6.10 Å². The van der Waals surface area contributed by atoms with Crippen LogP contribution in [0.3, 0.4) is 0 Å². The van der Waals surface area contributed by atoms with Crippen LogP contribution in [-0.4, -0.2) is 22.8 Å². The maximum Gasteiger partial charge on any atom is 0.269 e. The lowest BCUT2D eigenvalue weighted by molar-refractivity contribution is -0.384. The molecule has 190 valence electrons. The van der Waals surface area contributed by atoms with Crippen molar-refractivity contribution in [1.82, 2.24) is 0 Å². The molecule has 3 atom stereocenters. The highest BCUT2D eigenvalue weighted by Gasteiger charge is 2.61. The second-order valence-corrected chi connectivity index (χ2v) is 9.61. The summed E-state index contributed by atoms with van der Waals surface area (Å²) in [4.78, 5) is 44.8. The molecule has 9 nitrogen and oxygen atoms in total. The van der Waals surface area contributed by atoms with E-state index in [1.54, 1.807) is 42.5 Å². The molecule has 2 fully saturated rings. The number of nitro groups is 1. The molecule has 0 spiro atoms. The van der Waals surface area contributed by atoms with Gasteiger partial charge in [0, 0.05) is 22.7 Å². The van der Waals surface area contributed by atoms with Crippen molar-refractivity contribution in [3.05, 3.63) is 111 Å². The van der Waals surface area contributed by atoms with E-state index in [2.05, 4.69) is 0 Å². The minimum absolute atomic E-state index is 0.153. The summed E-state index contributed by atoms with van der Waals surface area (Å²) in [6, 6.07) is 21.9. The second kappa shape index (κ2) is 9.29. The lowest BCUT2D eigenvalue weighted by Gasteiger charge is -2.27. The van der Waals surface area contributed by atoms with E-state index in [0.29, 0.717) is 32.8 Å². The van der Waals surface area contributed by atoms with Gasteiger partial charge in [-0.3, -0.25) is 24.5 Å². The standard InChI is InChI=1S/C27H17Cl2N3O6/c28-15-6-11-20(29)19(14-15)21-12-13-22(37-21)24-23-25(38-31(24)17-4-2-1-3-5-17)27(34)30(26(23)33)16-7-9-18(10-8-16)32(35)36/h1-14,23-25H/t23-,24+,25+/m0/s1. The molecule has 2 amide bonds. The van der Waals surface area contributed by atoms with E-state index in [-0.39, 0.29) is 11.4 Å². The van der Waals surface area contributed by atoms with E-state index in [9.17, 15) is 19.7 Å². The molecule has 0 saturated carbocycles. The van der Waals surface area contributed by atoms with Gasteiger partial charge in [0.1, 0.15) is 23.5 Å². The van der Waals surface area contributed by atoms with Crippen LogP contribution in [0, 0.1) is 16.0 Å². The molecule has 38 heavy (non-hydrogen) atoms. The van der Waals surface area contributed by atoms with Crippen molar-refractivity contribution in [1.29, 1.82) is 0 Å². The Morgan fingerprint density at radius 3 is 2.29 bits per heavy atom. The Hall–Kier alpha value is -4.18. The average Bonchev–Trinajstić information content (AvgIpc) is 3.61. The number of anilines is 2. The fourth-order valence-electron chi connectivity index (χ4n) is 4.82. The van der Waals surface area contributed by atoms with Gasteiger partial charge in [-0.25, -0.2) is 9.96 Å². The zero-order chi connectivity index (χ0) is 26.6. The highest BCUT2D eigenvalue weighted by atomic mass is 35.5. The predicted molar refractivity (Wildman–Crippen MR) is 140 cm³/mol. The zero-order valence-electron chi connectivity index (χ0n) is 19.4. The van der Waals surface area contributed by atoms with Crippen LogP contribution in [0.15, 0.2) is 89.3 Å². The molecule has 3 aromatic carbocycles. The largest absolute Gasteiger partial charge is 0.459 e. The first-order valence-electron chi connectivity index (χ1n) is 11.5. The monoisotopic (exact) mass is 549 g/mol. The van der Waals surface area contributed by atoms with Gasteiger partial charge in [0.2, 0.25) is 5.91 Å². The van der Waals surface area contributed by atoms with Crippen molar-refractivity contribution in [2.45, 2.75) is 12.1 Å². The van der Waals surface area contributed by atoms with E-state index < -0.39 is 34.8 Å². The van der Waals surface area contributed by atoms with Gasteiger partial charge in [-0.15, -0.1) is 0 Å². The molecule has 2 saturated heterocycles. The number of hydroxylamine groups is 1. The normalized spacial score (nSPS) is 20.7. The molecule has 0 unspecified atom stereocenters. The molecule has 0 N–H and O–H groups in total. The quantitative estimate of drug-likeness (QED) is 0.165. The summed E-state index contributed by atoms with van der Waals surface area (Å²) in [5, 5.41) is 13.5. The Bertz CT molecular complexity index is 1570. The van der Waals surface area contributed by atoms with Crippen LogP contribution < -0.4 is 9.96 Å². The number of para-hydroxylation sites is 1. The minimum Gasteiger partial charge on any atom is -0.459 e. The van der Waals surface area contributed by atoms with Crippen LogP contribution >= 0.6 is 23.2 Å². The third-order valence-corrected chi connectivity index (χ3v) is 7.12. The number of nitrogens with zero attached hydrogens (tertiary/aromatic N) is 3. The molecule has 0 bridgehead atoms. The second-order valence-electron chi connectivity index (χ2n) is 8.77. The number of imide groups is 1. The van der Waals surface area contributed by atoms with Crippen LogP contribution in [-0.2, 0) is 14.4 Å². The SMILES string of the molecule is O=C1[C@H]2[C@@H](c3ccc(-c4cc(Cl)ccc4Cl)o3)N(c3ccccc3)O[C@H]2C(=O)N1c1ccc([N+](=O)[O-])cc1. The third kappa shape index (κ3) is 3.92. The molecule has 6 rings (SSSR count). The maximum atomic E-state index is 13.7. The van der Waals surface area contributed by atoms with Crippen molar-refractivity contribution in [3.63, 3.8) is 0 Å². The number of amides is 2. The number of hydrogen-bond acceptors (Lipinski definition) is 7. The summed E-state index contributed by atoms with van der Waals surface area (Å²) in [5.74, 6) is -1.18. The van der Waals surface area contributed by atoms with E-state index >= 15 is 0 Å². The molecule has 0 aliphatic carbocycles. The molecule has 2 aliphatic rings. The predicted octanol–water partition coefficient (Wildman–Crippen LogP) is 6.21. The molecular weight excluding hydrogens is 533 g/mol. The van der Waals surface area contributed by atoms with E-state index in [1.165, 1.54) is 29.3 Å². The summed E-state index contributed by atoms with van der Waals surface area (Å²) in [5.41, 5.74) is 1.28. The van der Waals surface area contributed by atoms with Gasteiger partial charge >= 0.3 is 0 Å². The van der Waals surface area contributed by atoms with E-state index in [1.807, 2.05) is 18.2 Å². The van der Waals surface area contributed by atoms with Crippen LogP contribution in [0.2, 0.25) is 10.0 Å². The highest BCUT2D eigenvalue weighted by Crippen LogP contribution is 2.48. The lowest BCUT2D eigenvalue weighted by Crippen LogP contribution is -2.37. The van der Waals surface area contributed by atoms with Crippen LogP contribution in [0.4, 0.5) is 17.1 Å². The van der Waals surface area contributed by atoms with Gasteiger partial charge in [-0.05, 0) is 54.6 Å². The summed E-state index contributed by atoms with van der Waals surface area (Å²) in [6.07, 6.45) is -1.12. The lowest BCUT2D eigenvalue weighted by atomic mass is 9.94. The van der Waals surface area contributed by atoms with E-state index in [0.717, 1.165) is 4.90 Å². The highest BCUT2D eigenvalue weighted by molar-refractivity contribution is 6.35. The van der Waals surface area contributed by atoms with Gasteiger partial charge in [0.25, 0.3) is 11.6 Å². The minimum atomic E-state index is -1.12. The molecule has 3 heterocycles.